The molecule has 3 rings (SSSR count). The van der Waals surface area contributed by atoms with Gasteiger partial charge < -0.3 is 9.84 Å². The van der Waals surface area contributed by atoms with E-state index in [1.54, 1.807) is 36.5 Å². The van der Waals surface area contributed by atoms with E-state index in [0.29, 0.717) is 11.6 Å². The minimum atomic E-state index is -0.946. The lowest BCUT2D eigenvalue weighted by Gasteiger charge is -2.09. The summed E-state index contributed by atoms with van der Waals surface area (Å²) < 4.78 is 5.61. The molecule has 0 fully saturated rings. The SMILES string of the molecule is C=C(c1ccc(Oc2ccncn2)cc1)c1ccc(C(=O)O)cc1. The Kier molecular flexibility index (Phi) is 4.34. The quantitative estimate of drug-likeness (QED) is 0.769. The number of carboxylic acids is 1. The second kappa shape index (κ2) is 6.75. The molecule has 0 aliphatic carbocycles. The smallest absolute Gasteiger partial charge is 0.335 e. The fourth-order valence-electron chi connectivity index (χ4n) is 2.16. The first kappa shape index (κ1) is 15.4. The Hall–Kier alpha value is -3.47. The summed E-state index contributed by atoms with van der Waals surface area (Å²) in [5.41, 5.74) is 2.85. The molecule has 0 saturated heterocycles. The standard InChI is InChI=1S/C19H14N2O3/c1-13(14-2-4-16(5-3-14)19(22)23)15-6-8-17(9-7-15)24-18-10-11-20-12-21-18/h2-12H,1H2,(H,22,23). The molecule has 0 unspecified atom stereocenters. The average molecular weight is 318 g/mol. The summed E-state index contributed by atoms with van der Waals surface area (Å²) in [6.45, 7) is 4.07. The summed E-state index contributed by atoms with van der Waals surface area (Å²) in [5.74, 6) is 0.186. The number of aromatic carboxylic acids is 1. The van der Waals surface area contributed by atoms with Crippen molar-refractivity contribution in [2.24, 2.45) is 0 Å². The molecule has 0 spiro atoms. The molecule has 24 heavy (non-hydrogen) atoms. The van der Waals surface area contributed by atoms with Gasteiger partial charge in [0.1, 0.15) is 12.1 Å². The summed E-state index contributed by atoms with van der Waals surface area (Å²) in [4.78, 5) is 18.7. The van der Waals surface area contributed by atoms with E-state index in [-0.39, 0.29) is 5.56 Å². The van der Waals surface area contributed by atoms with Crippen LogP contribution in [0.2, 0.25) is 0 Å². The molecule has 1 N–H and O–H groups in total. The van der Waals surface area contributed by atoms with Crippen LogP contribution in [0.15, 0.2) is 73.7 Å². The molecule has 0 amide bonds. The van der Waals surface area contributed by atoms with Crippen LogP contribution in [0.5, 0.6) is 11.6 Å². The van der Waals surface area contributed by atoms with E-state index in [1.807, 2.05) is 24.3 Å². The number of rotatable bonds is 5. The average Bonchev–Trinajstić information content (AvgIpc) is 2.63. The molecule has 1 heterocycles. The Balaban J connectivity index is 1.75. The number of nitrogens with zero attached hydrogens (tertiary/aromatic N) is 2. The normalized spacial score (nSPS) is 10.2. The monoisotopic (exact) mass is 318 g/mol. The Morgan fingerprint density at radius 3 is 2.04 bits per heavy atom. The minimum absolute atomic E-state index is 0.250. The number of hydrogen-bond donors (Lipinski definition) is 1. The van der Waals surface area contributed by atoms with Crippen LogP contribution in [-0.4, -0.2) is 21.0 Å². The van der Waals surface area contributed by atoms with E-state index in [4.69, 9.17) is 9.84 Å². The molecule has 0 atom stereocenters. The van der Waals surface area contributed by atoms with Gasteiger partial charge in [-0.2, -0.15) is 0 Å². The zero-order valence-electron chi connectivity index (χ0n) is 12.7. The van der Waals surface area contributed by atoms with Crippen molar-refractivity contribution in [1.29, 1.82) is 0 Å². The van der Waals surface area contributed by atoms with Crippen molar-refractivity contribution in [2.75, 3.05) is 0 Å². The maximum Gasteiger partial charge on any atom is 0.335 e. The molecular weight excluding hydrogens is 304 g/mol. The molecule has 3 aromatic rings. The molecule has 0 saturated carbocycles. The predicted octanol–water partition coefficient (Wildman–Crippen LogP) is 4.03. The number of ether oxygens (including phenoxy) is 1. The molecular formula is C19H14N2O3. The minimum Gasteiger partial charge on any atom is -0.478 e. The van der Waals surface area contributed by atoms with Gasteiger partial charge in [-0.25, -0.2) is 14.8 Å². The van der Waals surface area contributed by atoms with Crippen LogP contribution in [0.25, 0.3) is 5.57 Å². The summed E-state index contributed by atoms with van der Waals surface area (Å²) in [7, 11) is 0. The number of benzene rings is 2. The van der Waals surface area contributed by atoms with Crippen LogP contribution in [0.1, 0.15) is 21.5 Å². The molecule has 1 aromatic heterocycles. The Morgan fingerprint density at radius 2 is 1.50 bits per heavy atom. The van der Waals surface area contributed by atoms with Crippen LogP contribution in [0.4, 0.5) is 0 Å². The van der Waals surface area contributed by atoms with Crippen molar-refractivity contribution in [2.45, 2.75) is 0 Å². The van der Waals surface area contributed by atoms with Crippen LogP contribution in [-0.2, 0) is 0 Å². The number of carboxylic acid groups (broad SMARTS) is 1. The first-order chi connectivity index (χ1) is 11.6. The zero-order valence-corrected chi connectivity index (χ0v) is 12.7. The molecule has 0 aliphatic rings. The van der Waals surface area contributed by atoms with E-state index in [1.165, 1.54) is 6.33 Å². The molecule has 2 aromatic carbocycles. The zero-order chi connectivity index (χ0) is 16.9. The van der Waals surface area contributed by atoms with E-state index in [2.05, 4.69) is 16.5 Å². The van der Waals surface area contributed by atoms with Gasteiger partial charge >= 0.3 is 5.97 Å². The highest BCUT2D eigenvalue weighted by Crippen LogP contribution is 2.25. The van der Waals surface area contributed by atoms with Crippen LogP contribution >= 0.6 is 0 Å². The van der Waals surface area contributed by atoms with Crippen molar-refractivity contribution in [3.63, 3.8) is 0 Å². The van der Waals surface area contributed by atoms with Crippen molar-refractivity contribution >= 4 is 11.5 Å². The van der Waals surface area contributed by atoms with Gasteiger partial charge in [-0.1, -0.05) is 30.8 Å². The van der Waals surface area contributed by atoms with Gasteiger partial charge in [0.15, 0.2) is 0 Å². The van der Waals surface area contributed by atoms with Gasteiger partial charge in [0.05, 0.1) is 5.56 Å². The molecule has 0 radical (unpaired) electrons. The van der Waals surface area contributed by atoms with Crippen LogP contribution in [0, 0.1) is 0 Å². The second-order valence-electron chi connectivity index (χ2n) is 5.04. The third-order valence-electron chi connectivity index (χ3n) is 3.46. The Labute approximate surface area is 138 Å². The van der Waals surface area contributed by atoms with Crippen molar-refractivity contribution in [3.05, 3.63) is 90.4 Å². The number of carbonyl (C=O) groups is 1. The van der Waals surface area contributed by atoms with Gasteiger partial charge in [-0.15, -0.1) is 0 Å². The van der Waals surface area contributed by atoms with Crippen molar-refractivity contribution in [1.82, 2.24) is 9.97 Å². The number of hydrogen-bond acceptors (Lipinski definition) is 4. The Bertz CT molecular complexity index is 857. The van der Waals surface area contributed by atoms with Crippen molar-refractivity contribution < 1.29 is 14.6 Å². The lowest BCUT2D eigenvalue weighted by molar-refractivity contribution is 0.0697. The summed E-state index contributed by atoms with van der Waals surface area (Å²) >= 11 is 0. The van der Waals surface area contributed by atoms with E-state index >= 15 is 0 Å². The van der Waals surface area contributed by atoms with Crippen LogP contribution in [0.3, 0.4) is 0 Å². The Morgan fingerprint density at radius 1 is 0.917 bits per heavy atom. The summed E-state index contributed by atoms with van der Waals surface area (Å²) in [6.07, 6.45) is 3.03. The van der Waals surface area contributed by atoms with Crippen molar-refractivity contribution in [3.8, 4) is 11.6 Å². The first-order valence-electron chi connectivity index (χ1n) is 7.20. The molecule has 0 aliphatic heterocycles. The largest absolute Gasteiger partial charge is 0.478 e. The third kappa shape index (κ3) is 3.47. The third-order valence-corrected chi connectivity index (χ3v) is 3.46. The maximum atomic E-state index is 10.9. The maximum absolute atomic E-state index is 10.9. The molecule has 5 nitrogen and oxygen atoms in total. The van der Waals surface area contributed by atoms with Crippen LogP contribution < -0.4 is 4.74 Å². The lowest BCUT2D eigenvalue weighted by Crippen LogP contribution is -1.96. The molecule has 0 bridgehead atoms. The second-order valence-corrected chi connectivity index (χ2v) is 5.04. The van der Waals surface area contributed by atoms with E-state index in [9.17, 15) is 4.79 Å². The topological polar surface area (TPSA) is 72.3 Å². The van der Waals surface area contributed by atoms with E-state index in [0.717, 1.165) is 16.7 Å². The fourth-order valence-corrected chi connectivity index (χ4v) is 2.16. The summed E-state index contributed by atoms with van der Waals surface area (Å²) in [5, 5.41) is 8.94. The molecule has 118 valence electrons. The predicted molar refractivity (Wildman–Crippen MR) is 90.1 cm³/mol. The first-order valence-corrected chi connectivity index (χ1v) is 7.20. The number of aromatic nitrogens is 2. The van der Waals surface area contributed by atoms with Gasteiger partial charge in [-0.05, 0) is 41.0 Å². The highest BCUT2D eigenvalue weighted by molar-refractivity contribution is 5.88. The van der Waals surface area contributed by atoms with Gasteiger partial charge in [0.25, 0.3) is 0 Å². The lowest BCUT2D eigenvalue weighted by atomic mass is 9.98. The fraction of sp³-hybridized carbons (Fsp3) is 0. The summed E-state index contributed by atoms with van der Waals surface area (Å²) in [6, 6.07) is 15.7. The van der Waals surface area contributed by atoms with Gasteiger partial charge in [-0.3, -0.25) is 0 Å². The molecule has 5 heteroatoms. The van der Waals surface area contributed by atoms with Gasteiger partial charge in [0.2, 0.25) is 5.88 Å². The highest BCUT2D eigenvalue weighted by Gasteiger charge is 2.06. The van der Waals surface area contributed by atoms with Gasteiger partial charge in [0, 0.05) is 12.3 Å². The van der Waals surface area contributed by atoms with E-state index < -0.39 is 5.97 Å². The highest BCUT2D eigenvalue weighted by atomic mass is 16.5.